The number of benzene rings is 1. The van der Waals surface area contributed by atoms with Crippen LogP contribution in [0.2, 0.25) is 0 Å². The number of halogens is 3. The van der Waals surface area contributed by atoms with Gasteiger partial charge in [0, 0.05) is 43.0 Å². The minimum Gasteiger partial charge on any atom is -0.484 e. The average Bonchev–Trinajstić information content (AvgIpc) is 3.23. The van der Waals surface area contributed by atoms with Crippen molar-refractivity contribution in [3.8, 4) is 17.0 Å². The van der Waals surface area contributed by atoms with Gasteiger partial charge in [0.2, 0.25) is 0 Å². The zero-order valence-corrected chi connectivity index (χ0v) is 18.8. The van der Waals surface area contributed by atoms with Gasteiger partial charge in [0.25, 0.3) is 5.91 Å². The van der Waals surface area contributed by atoms with Gasteiger partial charge in [0.15, 0.2) is 6.61 Å². The highest BCUT2D eigenvalue weighted by atomic mass is 32.1. The zero-order valence-electron chi connectivity index (χ0n) is 17.9. The molecular weight excluding hydrogens is 469 g/mol. The molecule has 1 aliphatic rings. The summed E-state index contributed by atoms with van der Waals surface area (Å²) in [6.07, 6.45) is -1.57. The topological polar surface area (TPSA) is 75.6 Å². The van der Waals surface area contributed by atoms with E-state index in [0.29, 0.717) is 16.5 Å². The zero-order chi connectivity index (χ0) is 24.1. The van der Waals surface area contributed by atoms with E-state index < -0.39 is 24.0 Å². The lowest BCUT2D eigenvalue weighted by Gasteiger charge is -2.28. The van der Waals surface area contributed by atoms with Crippen LogP contribution in [0, 0.1) is 0 Å². The molecule has 0 radical (unpaired) electrons. The fourth-order valence-electron chi connectivity index (χ4n) is 3.71. The number of nitrogens with zero attached hydrogens (tertiary/aromatic N) is 4. The number of aromatic nitrogens is 2. The van der Waals surface area contributed by atoms with E-state index >= 15 is 0 Å². The Morgan fingerprint density at radius 1 is 1.06 bits per heavy atom. The SMILES string of the molecule is O=C(COc1ccccc1)N1CCN(C(=O)C(F)(F)F)CCC1c1nc(-c2ccncc2)cs1. The van der Waals surface area contributed by atoms with E-state index in [0.717, 1.165) is 10.5 Å². The van der Waals surface area contributed by atoms with Crippen molar-refractivity contribution in [1.29, 1.82) is 0 Å². The number of amides is 2. The van der Waals surface area contributed by atoms with E-state index in [1.807, 2.05) is 11.4 Å². The molecule has 0 saturated carbocycles. The fourth-order valence-corrected chi connectivity index (χ4v) is 4.68. The van der Waals surface area contributed by atoms with Crippen LogP contribution in [-0.2, 0) is 9.59 Å². The van der Waals surface area contributed by atoms with Crippen molar-refractivity contribution in [2.45, 2.75) is 18.6 Å². The number of hydrogen-bond donors (Lipinski definition) is 0. The molecule has 3 heterocycles. The smallest absolute Gasteiger partial charge is 0.471 e. The first-order valence-corrected chi connectivity index (χ1v) is 11.4. The van der Waals surface area contributed by atoms with Gasteiger partial charge < -0.3 is 14.5 Å². The van der Waals surface area contributed by atoms with E-state index in [-0.39, 0.29) is 32.7 Å². The first kappa shape index (κ1) is 23.7. The van der Waals surface area contributed by atoms with Gasteiger partial charge in [-0.15, -0.1) is 11.3 Å². The number of carbonyl (C=O) groups is 2. The van der Waals surface area contributed by atoms with Crippen LogP contribution >= 0.6 is 11.3 Å². The molecule has 2 amide bonds. The lowest BCUT2D eigenvalue weighted by Crippen LogP contribution is -2.44. The molecular formula is C23H21F3N4O3S. The predicted molar refractivity (Wildman–Crippen MR) is 119 cm³/mol. The summed E-state index contributed by atoms with van der Waals surface area (Å²) < 4.78 is 44.7. The molecule has 4 rings (SSSR count). The first-order chi connectivity index (χ1) is 16.3. The summed E-state index contributed by atoms with van der Waals surface area (Å²) in [7, 11) is 0. The maximum absolute atomic E-state index is 13.1. The summed E-state index contributed by atoms with van der Waals surface area (Å²) >= 11 is 1.32. The normalized spacial score (nSPS) is 16.7. The fraction of sp³-hybridized carbons (Fsp3) is 0.304. The summed E-state index contributed by atoms with van der Waals surface area (Å²) in [5.41, 5.74) is 1.52. The van der Waals surface area contributed by atoms with Crippen molar-refractivity contribution in [1.82, 2.24) is 19.8 Å². The lowest BCUT2D eigenvalue weighted by atomic mass is 10.1. The summed E-state index contributed by atoms with van der Waals surface area (Å²) in [5.74, 6) is -1.79. The van der Waals surface area contributed by atoms with Crippen LogP contribution in [0.1, 0.15) is 17.5 Å². The van der Waals surface area contributed by atoms with Gasteiger partial charge in [0.1, 0.15) is 10.8 Å². The number of pyridine rings is 1. The number of para-hydroxylation sites is 1. The highest BCUT2D eigenvalue weighted by molar-refractivity contribution is 7.10. The van der Waals surface area contributed by atoms with Crippen LogP contribution in [-0.4, -0.2) is 64.0 Å². The third kappa shape index (κ3) is 5.53. The highest BCUT2D eigenvalue weighted by Crippen LogP contribution is 2.33. The molecule has 1 fully saturated rings. The van der Waals surface area contributed by atoms with Crippen LogP contribution in [0.5, 0.6) is 5.75 Å². The molecule has 0 bridgehead atoms. The van der Waals surface area contributed by atoms with Crippen molar-refractivity contribution < 1.29 is 27.5 Å². The molecule has 34 heavy (non-hydrogen) atoms. The second-order valence-corrected chi connectivity index (χ2v) is 8.48. The van der Waals surface area contributed by atoms with E-state index in [2.05, 4.69) is 9.97 Å². The van der Waals surface area contributed by atoms with Crippen LogP contribution in [0.15, 0.2) is 60.2 Å². The third-order valence-electron chi connectivity index (χ3n) is 5.40. The quantitative estimate of drug-likeness (QED) is 0.542. The van der Waals surface area contributed by atoms with Gasteiger partial charge in [-0.2, -0.15) is 13.2 Å². The van der Waals surface area contributed by atoms with Gasteiger partial charge in [-0.05, 0) is 30.7 Å². The minimum absolute atomic E-state index is 0.0619. The standard InChI is InChI=1S/C23H21F3N4O3S/c24-23(25,26)22(32)29-11-8-19(21-28-18(15-34-21)16-6-9-27-10-7-16)30(13-12-29)20(31)14-33-17-4-2-1-3-5-17/h1-7,9-10,15,19H,8,11-14H2. The Balaban J connectivity index is 1.57. The molecule has 1 atom stereocenters. The van der Waals surface area contributed by atoms with Crippen LogP contribution < -0.4 is 4.74 Å². The largest absolute Gasteiger partial charge is 0.484 e. The van der Waals surface area contributed by atoms with Gasteiger partial charge >= 0.3 is 12.1 Å². The van der Waals surface area contributed by atoms with Crippen molar-refractivity contribution in [3.63, 3.8) is 0 Å². The van der Waals surface area contributed by atoms with Crippen molar-refractivity contribution >= 4 is 23.2 Å². The number of rotatable bonds is 5. The van der Waals surface area contributed by atoms with Crippen molar-refractivity contribution in [2.24, 2.45) is 0 Å². The van der Waals surface area contributed by atoms with E-state index in [9.17, 15) is 22.8 Å². The number of carbonyl (C=O) groups excluding carboxylic acids is 2. The molecule has 1 saturated heterocycles. The summed E-state index contributed by atoms with van der Waals surface area (Å²) in [4.78, 5) is 35.8. The Morgan fingerprint density at radius 2 is 1.79 bits per heavy atom. The Labute approximate surface area is 197 Å². The second-order valence-electron chi connectivity index (χ2n) is 7.59. The maximum Gasteiger partial charge on any atom is 0.471 e. The van der Waals surface area contributed by atoms with Crippen LogP contribution in [0.4, 0.5) is 13.2 Å². The predicted octanol–water partition coefficient (Wildman–Crippen LogP) is 3.95. The summed E-state index contributed by atoms with van der Waals surface area (Å²) in [5, 5.41) is 2.42. The van der Waals surface area contributed by atoms with E-state index in [4.69, 9.17) is 4.74 Å². The molecule has 1 unspecified atom stereocenters. The highest BCUT2D eigenvalue weighted by Gasteiger charge is 2.44. The lowest BCUT2D eigenvalue weighted by molar-refractivity contribution is -0.185. The third-order valence-corrected chi connectivity index (χ3v) is 6.34. The molecule has 0 N–H and O–H groups in total. The van der Waals surface area contributed by atoms with Crippen molar-refractivity contribution in [3.05, 3.63) is 65.2 Å². The van der Waals surface area contributed by atoms with Crippen molar-refractivity contribution in [2.75, 3.05) is 26.2 Å². The molecule has 0 spiro atoms. The molecule has 2 aromatic heterocycles. The Bertz CT molecular complexity index is 1130. The monoisotopic (exact) mass is 490 g/mol. The number of hydrogen-bond acceptors (Lipinski definition) is 6. The molecule has 178 valence electrons. The van der Waals surface area contributed by atoms with Gasteiger partial charge in [-0.25, -0.2) is 4.98 Å². The van der Waals surface area contributed by atoms with Crippen LogP contribution in [0.3, 0.4) is 0 Å². The minimum atomic E-state index is -4.97. The number of ether oxygens (including phenoxy) is 1. The van der Waals surface area contributed by atoms with Gasteiger partial charge in [-0.1, -0.05) is 18.2 Å². The Morgan fingerprint density at radius 3 is 2.50 bits per heavy atom. The van der Waals surface area contributed by atoms with E-state index in [1.165, 1.54) is 16.2 Å². The molecule has 1 aliphatic heterocycles. The molecule has 7 nitrogen and oxygen atoms in total. The molecule has 1 aromatic carbocycles. The summed E-state index contributed by atoms with van der Waals surface area (Å²) in [6, 6.07) is 11.8. The summed E-state index contributed by atoms with van der Waals surface area (Å²) in [6.45, 7) is -0.713. The van der Waals surface area contributed by atoms with E-state index in [1.54, 1.807) is 48.8 Å². The van der Waals surface area contributed by atoms with Gasteiger partial charge in [0.05, 0.1) is 11.7 Å². The average molecular weight is 491 g/mol. The van der Waals surface area contributed by atoms with Gasteiger partial charge in [-0.3, -0.25) is 14.6 Å². The first-order valence-electron chi connectivity index (χ1n) is 10.5. The number of thiazole rings is 1. The molecule has 0 aliphatic carbocycles. The Hall–Kier alpha value is -3.47. The second kappa shape index (κ2) is 10.2. The Kier molecular flexibility index (Phi) is 7.11. The number of alkyl halides is 3. The van der Waals surface area contributed by atoms with Crippen LogP contribution in [0.25, 0.3) is 11.3 Å². The maximum atomic E-state index is 13.1. The molecule has 3 aromatic rings. The molecule has 11 heteroatoms.